The van der Waals surface area contributed by atoms with E-state index in [1.54, 1.807) is 0 Å². The summed E-state index contributed by atoms with van der Waals surface area (Å²) >= 11 is 3.48. The molecule has 1 fully saturated rings. The minimum Gasteiger partial charge on any atom is -0.274 e. The fourth-order valence-electron chi connectivity index (χ4n) is 6.44. The van der Waals surface area contributed by atoms with Gasteiger partial charge in [-0.05, 0) is 40.5 Å². The maximum Gasteiger partial charge on any atom is 0.238 e. The predicted octanol–water partition coefficient (Wildman–Crippen LogP) is 5.19. The van der Waals surface area contributed by atoms with E-state index >= 15 is 0 Å². The Kier molecular flexibility index (Phi) is 3.44. The number of hydrogen-bond donors (Lipinski definition) is 0. The van der Waals surface area contributed by atoms with E-state index in [-0.39, 0.29) is 11.8 Å². The molecule has 2 atom stereocenters. The first kappa shape index (κ1) is 18.1. The van der Waals surface area contributed by atoms with Crippen molar-refractivity contribution in [3.63, 3.8) is 0 Å². The van der Waals surface area contributed by atoms with E-state index in [4.69, 9.17) is 0 Å². The van der Waals surface area contributed by atoms with Crippen LogP contribution in [0.15, 0.2) is 77.3 Å². The lowest BCUT2D eigenvalue weighted by molar-refractivity contribution is -0.124. The summed E-state index contributed by atoms with van der Waals surface area (Å²) in [5.41, 5.74) is 4.24. The molecule has 1 heterocycles. The second-order valence-electron chi connectivity index (χ2n) is 8.94. The van der Waals surface area contributed by atoms with Gasteiger partial charge in [0.15, 0.2) is 0 Å². The van der Waals surface area contributed by atoms with Gasteiger partial charge in [0.1, 0.15) is 0 Å². The Morgan fingerprint density at radius 1 is 0.700 bits per heavy atom. The topological polar surface area (TPSA) is 37.4 Å². The molecule has 3 nitrogen and oxygen atoms in total. The van der Waals surface area contributed by atoms with E-state index in [0.717, 1.165) is 4.47 Å². The molecular weight excluding hydrogens is 438 g/mol. The van der Waals surface area contributed by atoms with E-state index in [1.807, 2.05) is 48.5 Å². The Morgan fingerprint density at radius 2 is 1.13 bits per heavy atom. The third-order valence-electron chi connectivity index (χ3n) is 7.71. The van der Waals surface area contributed by atoms with Crippen LogP contribution in [0.5, 0.6) is 0 Å². The maximum atomic E-state index is 13.9. The van der Waals surface area contributed by atoms with Crippen LogP contribution in [0.4, 0.5) is 5.69 Å². The second-order valence-corrected chi connectivity index (χ2v) is 9.86. The van der Waals surface area contributed by atoms with Gasteiger partial charge in [-0.2, -0.15) is 0 Å². The van der Waals surface area contributed by atoms with E-state index in [9.17, 15) is 9.59 Å². The molecule has 0 N–H and O–H groups in total. The highest BCUT2D eigenvalue weighted by atomic mass is 79.9. The predicted molar refractivity (Wildman–Crippen MR) is 119 cm³/mol. The first-order valence-corrected chi connectivity index (χ1v) is 11.0. The smallest absolute Gasteiger partial charge is 0.238 e. The van der Waals surface area contributed by atoms with Crippen LogP contribution in [0.2, 0.25) is 0 Å². The molecule has 0 spiro atoms. The molecule has 7 rings (SSSR count). The molecule has 0 unspecified atom stereocenters. The van der Waals surface area contributed by atoms with Gasteiger partial charge in [0.05, 0.1) is 17.5 Å². The van der Waals surface area contributed by atoms with Crippen LogP contribution in [0.3, 0.4) is 0 Å². The fraction of sp³-hybridized carbons (Fsp3) is 0.231. The Morgan fingerprint density at radius 3 is 1.53 bits per heavy atom. The number of nitrogens with zero attached hydrogens (tertiary/aromatic N) is 1. The molecule has 1 aliphatic heterocycles. The average molecular weight is 458 g/mol. The summed E-state index contributed by atoms with van der Waals surface area (Å²) in [6, 6.07) is 24.2. The van der Waals surface area contributed by atoms with Gasteiger partial charge in [0.2, 0.25) is 11.8 Å². The molecule has 4 aliphatic rings. The zero-order valence-electron chi connectivity index (χ0n) is 16.7. The summed E-state index contributed by atoms with van der Waals surface area (Å²) in [5.74, 6) is -1.03. The number of hydrogen-bond acceptors (Lipinski definition) is 2. The molecule has 0 radical (unpaired) electrons. The highest BCUT2D eigenvalue weighted by Crippen LogP contribution is 2.66. The lowest BCUT2D eigenvalue weighted by atomic mass is 9.42. The van der Waals surface area contributed by atoms with Crippen molar-refractivity contribution < 1.29 is 9.59 Å². The van der Waals surface area contributed by atoms with E-state index in [0.29, 0.717) is 5.69 Å². The van der Waals surface area contributed by atoms with Gasteiger partial charge in [-0.3, -0.25) is 9.59 Å². The van der Waals surface area contributed by atoms with Crippen LogP contribution in [0, 0.1) is 11.8 Å². The summed E-state index contributed by atoms with van der Waals surface area (Å²) in [7, 11) is 0. The van der Waals surface area contributed by atoms with Gasteiger partial charge in [-0.25, -0.2) is 4.90 Å². The minimum atomic E-state index is -0.539. The van der Waals surface area contributed by atoms with Crippen LogP contribution in [0.1, 0.15) is 36.1 Å². The van der Waals surface area contributed by atoms with Crippen LogP contribution < -0.4 is 4.90 Å². The van der Waals surface area contributed by atoms with Gasteiger partial charge in [-0.15, -0.1) is 0 Å². The maximum absolute atomic E-state index is 13.9. The van der Waals surface area contributed by atoms with Crippen molar-refractivity contribution in [3.05, 3.63) is 99.5 Å². The zero-order valence-corrected chi connectivity index (χ0v) is 18.3. The summed E-state index contributed by atoms with van der Waals surface area (Å²) in [6.07, 6.45) is 0. The van der Waals surface area contributed by atoms with Crippen molar-refractivity contribution in [1.82, 2.24) is 0 Å². The monoisotopic (exact) mass is 457 g/mol. The van der Waals surface area contributed by atoms with Gasteiger partial charge in [0, 0.05) is 15.3 Å². The van der Waals surface area contributed by atoms with Crippen molar-refractivity contribution in [2.45, 2.75) is 24.7 Å². The quantitative estimate of drug-likeness (QED) is 0.471. The highest BCUT2D eigenvalue weighted by Gasteiger charge is 2.70. The standard InChI is InChI=1S/C26H20BrNO2/c1-25-17-10-3-5-12-19(17)26(2,20-13-6-4-11-18(20)25)22-21(25)23(29)28(24(22)30)16-9-7-8-15(27)14-16/h3-14,21-22H,1-2H3/t21-,22+,25?,26?. The fourth-order valence-corrected chi connectivity index (χ4v) is 6.83. The van der Waals surface area contributed by atoms with Crippen molar-refractivity contribution in [3.8, 4) is 0 Å². The van der Waals surface area contributed by atoms with Crippen LogP contribution in [-0.2, 0) is 20.4 Å². The van der Waals surface area contributed by atoms with Gasteiger partial charge in [0.25, 0.3) is 0 Å². The van der Waals surface area contributed by atoms with Crippen molar-refractivity contribution >= 4 is 33.4 Å². The number of halogens is 1. The second kappa shape index (κ2) is 5.70. The number of carbonyl (C=O) groups excluding carboxylic acids is 2. The molecule has 1 saturated heterocycles. The molecule has 4 heteroatoms. The number of carbonyl (C=O) groups is 2. The molecule has 2 bridgehead atoms. The van der Waals surface area contributed by atoms with Crippen molar-refractivity contribution in [2.75, 3.05) is 4.90 Å². The van der Waals surface area contributed by atoms with E-state index in [2.05, 4.69) is 54.0 Å². The molecule has 3 aromatic carbocycles. The zero-order chi connectivity index (χ0) is 20.8. The average Bonchev–Trinajstić information content (AvgIpc) is 3.03. The Hall–Kier alpha value is -2.72. The summed E-state index contributed by atoms with van der Waals surface area (Å²) < 4.78 is 0.849. The highest BCUT2D eigenvalue weighted by molar-refractivity contribution is 9.10. The number of amides is 2. The molecule has 148 valence electrons. The third kappa shape index (κ3) is 1.87. The van der Waals surface area contributed by atoms with E-state index < -0.39 is 22.7 Å². The van der Waals surface area contributed by atoms with Crippen LogP contribution in [0.25, 0.3) is 0 Å². The molecular formula is C26H20BrNO2. The lowest BCUT2D eigenvalue weighted by Crippen LogP contribution is -2.59. The van der Waals surface area contributed by atoms with Crippen molar-refractivity contribution in [1.29, 1.82) is 0 Å². The summed E-state index contributed by atoms with van der Waals surface area (Å²) in [6.45, 7) is 4.30. The molecule has 0 saturated carbocycles. The molecule has 0 aromatic heterocycles. The van der Waals surface area contributed by atoms with Crippen LogP contribution in [-0.4, -0.2) is 11.8 Å². The normalized spacial score (nSPS) is 30.8. The summed E-state index contributed by atoms with van der Waals surface area (Å²) in [5, 5.41) is 0. The minimum absolute atomic E-state index is 0.0965. The third-order valence-corrected chi connectivity index (χ3v) is 8.20. The first-order chi connectivity index (χ1) is 14.4. The SMILES string of the molecule is CC12c3ccccc3C(C)(c3ccccc31)[C@H]1C(=O)N(c3cccc(Br)c3)C(=O)[C@H]12. The van der Waals surface area contributed by atoms with Gasteiger partial charge >= 0.3 is 0 Å². The molecule has 30 heavy (non-hydrogen) atoms. The van der Waals surface area contributed by atoms with Gasteiger partial charge < -0.3 is 0 Å². The summed E-state index contributed by atoms with van der Waals surface area (Å²) in [4.78, 5) is 29.2. The number of anilines is 1. The largest absolute Gasteiger partial charge is 0.274 e. The Balaban J connectivity index is 1.67. The van der Waals surface area contributed by atoms with Crippen molar-refractivity contribution in [2.24, 2.45) is 11.8 Å². The van der Waals surface area contributed by atoms with E-state index in [1.165, 1.54) is 27.2 Å². The first-order valence-electron chi connectivity index (χ1n) is 10.2. The molecule has 3 aliphatic carbocycles. The molecule has 2 amide bonds. The number of benzene rings is 3. The Bertz CT molecular complexity index is 1140. The lowest BCUT2D eigenvalue weighted by Gasteiger charge is -2.57. The van der Waals surface area contributed by atoms with Gasteiger partial charge in [-0.1, -0.05) is 84.4 Å². The Labute approximate surface area is 183 Å². The number of rotatable bonds is 1. The molecule has 3 aromatic rings. The number of imide groups is 1. The van der Waals surface area contributed by atoms with Crippen LogP contribution >= 0.6 is 15.9 Å².